The van der Waals surface area contributed by atoms with Crippen LogP contribution in [0.4, 0.5) is 0 Å². The summed E-state index contributed by atoms with van der Waals surface area (Å²) in [5.41, 5.74) is 5.36. The highest BCUT2D eigenvalue weighted by Crippen LogP contribution is 2.21. The molecule has 166 valence electrons. The van der Waals surface area contributed by atoms with Crippen molar-refractivity contribution < 1.29 is 9.53 Å². The molecular weight excluding hydrogens is 464 g/mol. The van der Waals surface area contributed by atoms with E-state index in [0.29, 0.717) is 6.61 Å². The number of benzene rings is 3. The molecule has 0 atom stereocenters. The number of hydrogen-bond donors (Lipinski definition) is 0. The second kappa shape index (κ2) is 10.3. The maximum absolute atomic E-state index is 13.1. The number of aryl methyl sites for hydroxylation is 2. The number of ether oxygens (including phenoxy) is 1. The monoisotopic (exact) mass is 492 g/mol. The fourth-order valence-electron chi connectivity index (χ4n) is 4.08. The predicted octanol–water partition coefficient (Wildman–Crippen LogP) is 5.60. The zero-order valence-electron chi connectivity index (χ0n) is 18.7. The van der Waals surface area contributed by atoms with E-state index in [-0.39, 0.29) is 5.91 Å². The third-order valence-electron chi connectivity index (χ3n) is 5.91. The van der Waals surface area contributed by atoms with Gasteiger partial charge in [-0.15, -0.1) is 0 Å². The highest BCUT2D eigenvalue weighted by Gasteiger charge is 2.22. The zero-order valence-corrected chi connectivity index (χ0v) is 20.3. The summed E-state index contributed by atoms with van der Waals surface area (Å²) < 4.78 is 7.14. The van der Waals surface area contributed by atoms with E-state index in [1.165, 1.54) is 11.1 Å². The lowest BCUT2D eigenvalue weighted by Gasteiger charge is -2.35. The standard InChI is InChI=1S/C27H29BrN2O2/c1-20-10-11-26(21(2)16-20)32-19-22-6-5-8-23(17-22)27(31)30-14-12-29(13-15-30)18-24-7-3-4-9-25(24)28/h3-11,16-17H,12-15,18-19H2,1-2H3. The Hall–Kier alpha value is -2.63. The highest BCUT2D eigenvalue weighted by molar-refractivity contribution is 9.10. The van der Waals surface area contributed by atoms with Crippen LogP contribution < -0.4 is 4.74 Å². The molecule has 0 saturated carbocycles. The van der Waals surface area contributed by atoms with Crippen LogP contribution in [0.25, 0.3) is 0 Å². The molecule has 0 aliphatic carbocycles. The van der Waals surface area contributed by atoms with Crippen LogP contribution >= 0.6 is 15.9 Å². The molecule has 4 nitrogen and oxygen atoms in total. The molecular formula is C27H29BrN2O2. The molecule has 1 amide bonds. The Morgan fingerprint density at radius 2 is 1.72 bits per heavy atom. The Balaban J connectivity index is 1.33. The van der Waals surface area contributed by atoms with Crippen LogP contribution in [0, 0.1) is 13.8 Å². The minimum absolute atomic E-state index is 0.0962. The molecule has 0 aromatic heterocycles. The number of rotatable bonds is 6. The van der Waals surface area contributed by atoms with Crippen LogP contribution in [0.15, 0.2) is 71.2 Å². The Morgan fingerprint density at radius 1 is 0.938 bits per heavy atom. The molecule has 0 N–H and O–H groups in total. The van der Waals surface area contributed by atoms with Gasteiger partial charge in [0.1, 0.15) is 12.4 Å². The van der Waals surface area contributed by atoms with Gasteiger partial charge in [-0.05, 0) is 54.8 Å². The minimum atomic E-state index is 0.0962. The molecule has 0 radical (unpaired) electrons. The van der Waals surface area contributed by atoms with Gasteiger partial charge in [0.25, 0.3) is 5.91 Å². The maximum atomic E-state index is 13.1. The number of carbonyl (C=O) groups is 1. The highest BCUT2D eigenvalue weighted by atomic mass is 79.9. The van der Waals surface area contributed by atoms with Crippen molar-refractivity contribution in [2.75, 3.05) is 26.2 Å². The van der Waals surface area contributed by atoms with Crippen molar-refractivity contribution in [3.63, 3.8) is 0 Å². The lowest BCUT2D eigenvalue weighted by molar-refractivity contribution is 0.0628. The van der Waals surface area contributed by atoms with Gasteiger partial charge in [-0.25, -0.2) is 0 Å². The Bertz CT molecular complexity index is 1090. The summed E-state index contributed by atoms with van der Waals surface area (Å²) in [4.78, 5) is 17.5. The van der Waals surface area contributed by atoms with Crippen molar-refractivity contribution in [1.82, 2.24) is 9.80 Å². The molecule has 4 rings (SSSR count). The molecule has 1 saturated heterocycles. The van der Waals surface area contributed by atoms with Gasteiger partial charge in [-0.3, -0.25) is 9.69 Å². The van der Waals surface area contributed by atoms with E-state index in [4.69, 9.17) is 4.74 Å². The smallest absolute Gasteiger partial charge is 0.253 e. The number of carbonyl (C=O) groups excluding carboxylic acids is 1. The van der Waals surface area contributed by atoms with E-state index >= 15 is 0 Å². The minimum Gasteiger partial charge on any atom is -0.489 e. The van der Waals surface area contributed by atoms with Crippen molar-refractivity contribution in [3.05, 3.63) is 99.0 Å². The zero-order chi connectivity index (χ0) is 22.5. The van der Waals surface area contributed by atoms with E-state index in [1.54, 1.807) is 0 Å². The second-order valence-corrected chi connectivity index (χ2v) is 9.27. The number of hydrogen-bond acceptors (Lipinski definition) is 3. The molecule has 1 aliphatic heterocycles. The first kappa shape index (κ1) is 22.6. The van der Waals surface area contributed by atoms with Gasteiger partial charge in [0.2, 0.25) is 0 Å². The van der Waals surface area contributed by atoms with Crippen LogP contribution in [-0.2, 0) is 13.2 Å². The quantitative estimate of drug-likeness (QED) is 0.448. The molecule has 5 heteroatoms. The number of amides is 1. The topological polar surface area (TPSA) is 32.8 Å². The molecule has 1 heterocycles. The van der Waals surface area contributed by atoms with Gasteiger partial charge in [-0.2, -0.15) is 0 Å². The van der Waals surface area contributed by atoms with Crippen LogP contribution in [0.2, 0.25) is 0 Å². The van der Waals surface area contributed by atoms with Crippen LogP contribution in [0.3, 0.4) is 0 Å². The fraction of sp³-hybridized carbons (Fsp3) is 0.296. The molecule has 1 aliphatic rings. The molecule has 0 bridgehead atoms. The Morgan fingerprint density at radius 3 is 2.47 bits per heavy atom. The Kier molecular flexibility index (Phi) is 7.28. The first-order chi connectivity index (χ1) is 15.5. The van der Waals surface area contributed by atoms with Gasteiger partial charge >= 0.3 is 0 Å². The van der Waals surface area contributed by atoms with Gasteiger partial charge in [0.05, 0.1) is 0 Å². The van der Waals surface area contributed by atoms with E-state index in [9.17, 15) is 4.79 Å². The van der Waals surface area contributed by atoms with Crippen molar-refractivity contribution in [3.8, 4) is 5.75 Å². The van der Waals surface area contributed by atoms with Crippen molar-refractivity contribution in [2.24, 2.45) is 0 Å². The first-order valence-electron chi connectivity index (χ1n) is 11.0. The van der Waals surface area contributed by atoms with Gasteiger partial charge in [0.15, 0.2) is 0 Å². The molecule has 0 spiro atoms. The predicted molar refractivity (Wildman–Crippen MR) is 132 cm³/mol. The summed E-state index contributed by atoms with van der Waals surface area (Å²) in [5.74, 6) is 0.979. The lowest BCUT2D eigenvalue weighted by Crippen LogP contribution is -2.48. The largest absolute Gasteiger partial charge is 0.489 e. The number of nitrogens with zero attached hydrogens (tertiary/aromatic N) is 2. The SMILES string of the molecule is Cc1ccc(OCc2cccc(C(=O)N3CCN(Cc4ccccc4Br)CC3)c2)c(C)c1. The van der Waals surface area contributed by atoms with Crippen molar-refractivity contribution >= 4 is 21.8 Å². The van der Waals surface area contributed by atoms with Crippen LogP contribution in [0.1, 0.15) is 32.6 Å². The van der Waals surface area contributed by atoms with Gasteiger partial charge in [0, 0.05) is 42.8 Å². The second-order valence-electron chi connectivity index (χ2n) is 8.42. The average molecular weight is 493 g/mol. The van der Waals surface area contributed by atoms with E-state index in [0.717, 1.165) is 59.6 Å². The molecule has 1 fully saturated rings. The summed E-state index contributed by atoms with van der Waals surface area (Å²) in [7, 11) is 0. The molecule has 0 unspecified atom stereocenters. The van der Waals surface area contributed by atoms with E-state index < -0.39 is 0 Å². The van der Waals surface area contributed by atoms with Crippen molar-refractivity contribution in [1.29, 1.82) is 0 Å². The summed E-state index contributed by atoms with van der Waals surface area (Å²) in [6.07, 6.45) is 0. The summed E-state index contributed by atoms with van der Waals surface area (Å²) >= 11 is 3.63. The van der Waals surface area contributed by atoms with Crippen LogP contribution in [-0.4, -0.2) is 41.9 Å². The summed E-state index contributed by atoms with van der Waals surface area (Å²) in [6, 6.07) is 22.3. The van der Waals surface area contributed by atoms with E-state index in [2.05, 4.69) is 65.0 Å². The van der Waals surface area contributed by atoms with Gasteiger partial charge in [-0.1, -0.05) is 64.0 Å². The lowest BCUT2D eigenvalue weighted by atomic mass is 10.1. The first-order valence-corrected chi connectivity index (χ1v) is 11.8. The third kappa shape index (κ3) is 5.59. The number of halogens is 1. The average Bonchev–Trinajstić information content (AvgIpc) is 2.80. The normalized spacial score (nSPS) is 14.4. The molecule has 3 aromatic rings. The summed E-state index contributed by atoms with van der Waals surface area (Å²) in [6.45, 7) is 8.72. The van der Waals surface area contributed by atoms with Crippen molar-refractivity contribution in [2.45, 2.75) is 27.0 Å². The molecule has 32 heavy (non-hydrogen) atoms. The van der Waals surface area contributed by atoms with Crippen LogP contribution in [0.5, 0.6) is 5.75 Å². The van der Waals surface area contributed by atoms with Gasteiger partial charge < -0.3 is 9.64 Å². The number of piperazine rings is 1. The Labute approximate surface area is 198 Å². The molecule has 3 aromatic carbocycles. The summed E-state index contributed by atoms with van der Waals surface area (Å²) in [5, 5.41) is 0. The fourth-order valence-corrected chi connectivity index (χ4v) is 4.49. The third-order valence-corrected chi connectivity index (χ3v) is 6.68. The van der Waals surface area contributed by atoms with E-state index in [1.807, 2.05) is 41.3 Å². The maximum Gasteiger partial charge on any atom is 0.253 e.